The number of hydrogen-bond acceptors (Lipinski definition) is 6. The zero-order valence-corrected chi connectivity index (χ0v) is 22.1. The molecule has 0 spiro atoms. The first-order valence-electron chi connectivity index (χ1n) is 12.5. The Bertz CT molecular complexity index is 992. The molecule has 5 N–H and O–H groups in total. The van der Waals surface area contributed by atoms with E-state index in [-0.39, 0.29) is 31.4 Å². The Morgan fingerprint density at radius 3 is 2.22 bits per heavy atom. The van der Waals surface area contributed by atoms with Crippen molar-refractivity contribution >= 4 is 29.3 Å². The molecule has 0 aromatic heterocycles. The first-order valence-corrected chi connectivity index (χ1v) is 12.9. The Hall–Kier alpha value is -3.14. The molecule has 2 aromatic rings. The summed E-state index contributed by atoms with van der Waals surface area (Å²) < 4.78 is 5.50. The van der Waals surface area contributed by atoms with Crippen molar-refractivity contribution in [1.82, 2.24) is 21.3 Å². The van der Waals surface area contributed by atoms with Crippen molar-refractivity contribution < 1.29 is 24.2 Å². The van der Waals surface area contributed by atoms with Crippen LogP contribution < -0.4 is 26.0 Å². The molecule has 2 rings (SSSR count). The molecule has 3 atom stereocenters. The van der Waals surface area contributed by atoms with Gasteiger partial charge < -0.3 is 31.1 Å². The van der Waals surface area contributed by atoms with Crippen LogP contribution in [-0.4, -0.2) is 67.3 Å². The number of halogens is 1. The fraction of sp³-hybridized carbons (Fsp3) is 0.444. The Labute approximate surface area is 223 Å². The third-order valence-electron chi connectivity index (χ3n) is 5.56. The van der Waals surface area contributed by atoms with Gasteiger partial charge in [-0.2, -0.15) is 0 Å². The lowest BCUT2D eigenvalue weighted by molar-refractivity contribution is -0.132. The van der Waals surface area contributed by atoms with Crippen LogP contribution in [0.5, 0.6) is 5.75 Å². The molecule has 0 aliphatic carbocycles. The second-order valence-electron chi connectivity index (χ2n) is 8.55. The zero-order chi connectivity index (χ0) is 27.0. The molecule has 0 aliphatic heterocycles. The van der Waals surface area contributed by atoms with Gasteiger partial charge in [0.15, 0.2) is 0 Å². The topological polar surface area (TPSA) is 129 Å². The van der Waals surface area contributed by atoms with E-state index in [9.17, 15) is 19.5 Å². The molecule has 10 heteroatoms. The normalized spacial score (nSPS) is 13.2. The first-order chi connectivity index (χ1) is 17.8. The first kappa shape index (κ1) is 30.1. The summed E-state index contributed by atoms with van der Waals surface area (Å²) in [7, 11) is 0. The van der Waals surface area contributed by atoms with Crippen LogP contribution >= 0.6 is 11.6 Å². The summed E-state index contributed by atoms with van der Waals surface area (Å²) in [6, 6.07) is 14.9. The summed E-state index contributed by atoms with van der Waals surface area (Å²) in [5, 5.41) is 21.8. The quantitative estimate of drug-likeness (QED) is 0.210. The molecular weight excluding hydrogens is 496 g/mol. The minimum absolute atomic E-state index is 0.0769. The number of para-hydroxylation sites is 1. The molecule has 0 saturated carbocycles. The van der Waals surface area contributed by atoms with Crippen molar-refractivity contribution in [2.75, 3.05) is 26.2 Å². The number of hydrogen-bond donors (Lipinski definition) is 5. The van der Waals surface area contributed by atoms with Gasteiger partial charge in [-0.3, -0.25) is 14.4 Å². The monoisotopic (exact) mass is 532 g/mol. The van der Waals surface area contributed by atoms with Gasteiger partial charge in [0.05, 0.1) is 11.4 Å². The maximum absolute atomic E-state index is 12.7. The van der Waals surface area contributed by atoms with E-state index in [1.54, 1.807) is 38.1 Å². The van der Waals surface area contributed by atoms with Crippen molar-refractivity contribution in [3.8, 4) is 5.75 Å². The molecule has 3 unspecified atom stereocenters. The maximum Gasteiger partial charge on any atom is 0.243 e. The highest BCUT2D eigenvalue weighted by Gasteiger charge is 2.24. The molecule has 0 fully saturated rings. The smallest absolute Gasteiger partial charge is 0.243 e. The SMILES string of the molecule is CCC(NC(=O)Cc1ccccc1)C(=O)NC(CC)C(=O)NCCNCC(O)COc1ccccc1Cl. The van der Waals surface area contributed by atoms with Gasteiger partial charge in [-0.15, -0.1) is 0 Å². The molecule has 0 aliphatic rings. The van der Waals surface area contributed by atoms with Crippen molar-refractivity contribution in [2.45, 2.75) is 51.3 Å². The average Bonchev–Trinajstić information content (AvgIpc) is 2.90. The third kappa shape index (κ3) is 11.2. The lowest BCUT2D eigenvalue weighted by Gasteiger charge is -2.22. The van der Waals surface area contributed by atoms with E-state index in [4.69, 9.17) is 16.3 Å². The van der Waals surface area contributed by atoms with Gasteiger partial charge in [0.2, 0.25) is 17.7 Å². The molecule has 9 nitrogen and oxygen atoms in total. The molecule has 3 amide bonds. The maximum atomic E-state index is 12.7. The minimum atomic E-state index is -0.752. The van der Waals surface area contributed by atoms with Gasteiger partial charge >= 0.3 is 0 Å². The fourth-order valence-electron chi connectivity index (χ4n) is 3.48. The van der Waals surface area contributed by atoms with E-state index in [0.29, 0.717) is 36.7 Å². The molecular formula is C27H37ClN4O5. The summed E-state index contributed by atoms with van der Waals surface area (Å²) >= 11 is 6.02. The number of ether oxygens (including phenoxy) is 1. The standard InChI is InChI=1S/C27H37ClN4O5/c1-3-22(32-27(36)23(4-2)31-25(34)16-19-10-6-5-7-11-19)26(35)30-15-14-29-17-20(33)18-37-24-13-9-8-12-21(24)28/h5-13,20,22-23,29,33H,3-4,14-18H2,1-2H3,(H,30,35)(H,31,34)(H,32,36). The summed E-state index contributed by atoms with van der Waals surface area (Å²) in [6.07, 6.45) is 0.225. The van der Waals surface area contributed by atoms with Crippen LogP contribution in [0.2, 0.25) is 5.02 Å². The molecule has 2 aromatic carbocycles. The average molecular weight is 533 g/mol. The lowest BCUT2D eigenvalue weighted by atomic mass is 10.1. The van der Waals surface area contributed by atoms with Crippen LogP contribution in [0.25, 0.3) is 0 Å². The molecule has 37 heavy (non-hydrogen) atoms. The Morgan fingerprint density at radius 1 is 0.892 bits per heavy atom. The van der Waals surface area contributed by atoms with E-state index < -0.39 is 24.1 Å². The molecule has 0 bridgehead atoms. The predicted molar refractivity (Wildman–Crippen MR) is 143 cm³/mol. The second-order valence-corrected chi connectivity index (χ2v) is 8.96. The van der Waals surface area contributed by atoms with Crippen LogP contribution in [0.15, 0.2) is 54.6 Å². The minimum Gasteiger partial charge on any atom is -0.489 e. The lowest BCUT2D eigenvalue weighted by Crippen LogP contribution is -2.54. The van der Waals surface area contributed by atoms with Gasteiger partial charge in [-0.25, -0.2) is 0 Å². The summed E-state index contributed by atoms with van der Waals surface area (Å²) in [6.45, 7) is 4.68. The van der Waals surface area contributed by atoms with E-state index in [1.165, 1.54) is 0 Å². The number of aliphatic hydroxyl groups excluding tert-OH is 1. The van der Waals surface area contributed by atoms with Gasteiger partial charge in [-0.05, 0) is 30.5 Å². The summed E-state index contributed by atoms with van der Waals surface area (Å²) in [5.41, 5.74) is 0.857. The fourth-order valence-corrected chi connectivity index (χ4v) is 3.67. The van der Waals surface area contributed by atoms with Crippen molar-refractivity contribution in [3.05, 3.63) is 65.2 Å². The van der Waals surface area contributed by atoms with Crippen LogP contribution in [0.4, 0.5) is 0 Å². The van der Waals surface area contributed by atoms with Gasteiger partial charge in [0.1, 0.15) is 30.5 Å². The number of aliphatic hydroxyl groups is 1. The van der Waals surface area contributed by atoms with E-state index >= 15 is 0 Å². The number of nitrogens with one attached hydrogen (secondary N) is 4. The molecule has 0 radical (unpaired) electrons. The zero-order valence-electron chi connectivity index (χ0n) is 21.3. The van der Waals surface area contributed by atoms with Gasteiger partial charge in [-0.1, -0.05) is 67.9 Å². The van der Waals surface area contributed by atoms with E-state index in [0.717, 1.165) is 5.56 Å². The summed E-state index contributed by atoms with van der Waals surface area (Å²) in [5.74, 6) is -0.461. The Kier molecular flexibility index (Phi) is 13.5. The molecule has 0 heterocycles. The molecule has 202 valence electrons. The van der Waals surface area contributed by atoms with Crippen LogP contribution in [0, 0.1) is 0 Å². The third-order valence-corrected chi connectivity index (χ3v) is 5.87. The van der Waals surface area contributed by atoms with Crippen LogP contribution in [-0.2, 0) is 20.8 Å². The van der Waals surface area contributed by atoms with Gasteiger partial charge in [0.25, 0.3) is 0 Å². The highest BCUT2D eigenvalue weighted by Crippen LogP contribution is 2.23. The predicted octanol–water partition coefficient (Wildman–Crippen LogP) is 1.82. The van der Waals surface area contributed by atoms with Crippen LogP contribution in [0.1, 0.15) is 32.3 Å². The number of amides is 3. The van der Waals surface area contributed by atoms with Crippen LogP contribution in [0.3, 0.4) is 0 Å². The van der Waals surface area contributed by atoms with Crippen molar-refractivity contribution in [1.29, 1.82) is 0 Å². The Balaban J connectivity index is 1.67. The second kappa shape index (κ2) is 16.6. The highest BCUT2D eigenvalue weighted by molar-refractivity contribution is 6.32. The number of carbonyl (C=O) groups excluding carboxylic acids is 3. The van der Waals surface area contributed by atoms with Crippen molar-refractivity contribution in [3.63, 3.8) is 0 Å². The van der Waals surface area contributed by atoms with Gasteiger partial charge in [0, 0.05) is 19.6 Å². The highest BCUT2D eigenvalue weighted by atomic mass is 35.5. The number of rotatable bonds is 16. The number of carbonyl (C=O) groups is 3. The molecule has 0 saturated heterocycles. The van der Waals surface area contributed by atoms with Crippen molar-refractivity contribution in [2.24, 2.45) is 0 Å². The Morgan fingerprint density at radius 2 is 1.54 bits per heavy atom. The van der Waals surface area contributed by atoms with E-state index in [2.05, 4.69) is 21.3 Å². The largest absolute Gasteiger partial charge is 0.489 e. The summed E-state index contributed by atoms with van der Waals surface area (Å²) in [4.78, 5) is 37.6. The number of benzene rings is 2. The van der Waals surface area contributed by atoms with E-state index in [1.807, 2.05) is 30.3 Å².